The third-order valence-electron chi connectivity index (χ3n) is 8.06. The molecule has 2 N–H and O–H groups in total. The predicted molar refractivity (Wildman–Crippen MR) is 97.9 cm³/mol. The molecule has 0 radical (unpaired) electrons. The number of hydrogen-bond donors (Lipinski definition) is 2. The van der Waals surface area contributed by atoms with Gasteiger partial charge in [-0.05, 0) is 30.4 Å². The summed E-state index contributed by atoms with van der Waals surface area (Å²) in [5.41, 5.74) is 3.45. The van der Waals surface area contributed by atoms with E-state index in [0.29, 0.717) is 24.8 Å². The summed E-state index contributed by atoms with van der Waals surface area (Å²) >= 11 is 0. The van der Waals surface area contributed by atoms with Gasteiger partial charge < -0.3 is 14.8 Å². The second-order valence-electron chi connectivity index (χ2n) is 9.01. The SMILES string of the molecule is CC12CCC(=O)C3=C1C(O)(CC1Cc4c([nH]c5ccccc45)C12C)OC3=O. The first-order valence-electron chi connectivity index (χ1n) is 9.64. The van der Waals surface area contributed by atoms with Gasteiger partial charge in [0.05, 0.1) is 0 Å². The maximum Gasteiger partial charge on any atom is 0.344 e. The fraction of sp³-hybridized carbons (Fsp3) is 0.455. The maximum absolute atomic E-state index is 12.5. The summed E-state index contributed by atoms with van der Waals surface area (Å²) in [5.74, 6) is -2.34. The van der Waals surface area contributed by atoms with Gasteiger partial charge in [-0.15, -0.1) is 0 Å². The van der Waals surface area contributed by atoms with Gasteiger partial charge in [0.1, 0.15) is 5.57 Å². The minimum atomic E-state index is -1.64. The topological polar surface area (TPSA) is 79.4 Å². The number of nitrogens with one attached hydrogen (secondary N) is 1. The highest BCUT2D eigenvalue weighted by atomic mass is 16.7. The molecular formula is C22H21NO4. The number of benzene rings is 1. The molecule has 1 fully saturated rings. The number of aromatic amines is 1. The number of aromatic nitrogens is 1. The summed E-state index contributed by atoms with van der Waals surface area (Å²) in [4.78, 5) is 28.6. The van der Waals surface area contributed by atoms with Crippen molar-refractivity contribution in [3.05, 3.63) is 46.7 Å². The molecule has 1 aromatic heterocycles. The van der Waals surface area contributed by atoms with Gasteiger partial charge >= 0.3 is 5.97 Å². The van der Waals surface area contributed by atoms with E-state index >= 15 is 0 Å². The Morgan fingerprint density at radius 2 is 2.00 bits per heavy atom. The first kappa shape index (κ1) is 15.6. The van der Waals surface area contributed by atoms with Crippen LogP contribution in [0.4, 0.5) is 0 Å². The molecule has 4 aliphatic rings. The number of hydrogen-bond acceptors (Lipinski definition) is 4. The molecule has 3 aliphatic carbocycles. The first-order valence-corrected chi connectivity index (χ1v) is 9.64. The van der Waals surface area contributed by atoms with Crippen LogP contribution in [-0.2, 0) is 26.2 Å². The van der Waals surface area contributed by atoms with Crippen LogP contribution in [0.5, 0.6) is 0 Å². The van der Waals surface area contributed by atoms with E-state index in [1.807, 2.05) is 12.1 Å². The second-order valence-corrected chi connectivity index (χ2v) is 9.01. The number of H-pyrrole nitrogens is 1. The Morgan fingerprint density at radius 1 is 1.22 bits per heavy atom. The molecule has 2 aromatic rings. The largest absolute Gasteiger partial charge is 0.425 e. The third kappa shape index (κ3) is 1.50. The van der Waals surface area contributed by atoms with Gasteiger partial charge in [-0.1, -0.05) is 32.0 Å². The van der Waals surface area contributed by atoms with Crippen LogP contribution in [0.15, 0.2) is 35.4 Å². The van der Waals surface area contributed by atoms with Crippen molar-refractivity contribution in [2.45, 2.75) is 50.7 Å². The van der Waals surface area contributed by atoms with E-state index in [4.69, 9.17) is 4.74 Å². The van der Waals surface area contributed by atoms with Crippen LogP contribution >= 0.6 is 0 Å². The molecule has 27 heavy (non-hydrogen) atoms. The molecule has 0 saturated heterocycles. The highest BCUT2D eigenvalue weighted by Gasteiger charge is 2.71. The zero-order chi connectivity index (χ0) is 18.8. The fourth-order valence-corrected chi connectivity index (χ4v) is 6.64. The molecule has 6 rings (SSSR count). The molecule has 5 nitrogen and oxygen atoms in total. The Morgan fingerprint density at radius 3 is 2.81 bits per heavy atom. The molecule has 4 atom stereocenters. The van der Waals surface area contributed by atoms with Gasteiger partial charge in [-0.3, -0.25) is 4.79 Å². The standard InChI is InChI=1S/C22H21NO4/c1-20-8-7-15(24)16-17(20)22(26,27-19(16)25)10-11-9-13-12-5-3-4-6-14(12)23-18(13)21(11,20)2/h3-6,11,23,26H,7-10H2,1-2H3. The van der Waals surface area contributed by atoms with Crippen molar-refractivity contribution < 1.29 is 19.4 Å². The van der Waals surface area contributed by atoms with Crippen molar-refractivity contribution in [3.63, 3.8) is 0 Å². The average Bonchev–Trinajstić information content (AvgIpc) is 3.21. The molecule has 0 spiro atoms. The maximum atomic E-state index is 12.5. The van der Waals surface area contributed by atoms with Crippen LogP contribution in [0.1, 0.15) is 44.4 Å². The summed E-state index contributed by atoms with van der Waals surface area (Å²) in [6.45, 7) is 4.34. The lowest BCUT2D eigenvalue weighted by Gasteiger charge is -2.57. The molecule has 5 heteroatoms. The number of carbonyl (C=O) groups excluding carboxylic acids is 2. The number of Topliss-reactive ketones (excluding diaryl/α,β-unsaturated/α-hetero) is 1. The van der Waals surface area contributed by atoms with Crippen LogP contribution < -0.4 is 0 Å². The summed E-state index contributed by atoms with van der Waals surface area (Å²) in [5, 5.41) is 12.5. The lowest BCUT2D eigenvalue weighted by molar-refractivity contribution is -0.206. The molecule has 2 heterocycles. The van der Waals surface area contributed by atoms with Crippen molar-refractivity contribution in [3.8, 4) is 0 Å². The Hall–Kier alpha value is -2.40. The van der Waals surface area contributed by atoms with Gasteiger partial charge in [0, 0.05) is 45.8 Å². The normalized spacial score (nSPS) is 39.4. The van der Waals surface area contributed by atoms with E-state index in [0.717, 1.165) is 11.9 Å². The zero-order valence-corrected chi connectivity index (χ0v) is 15.4. The minimum absolute atomic E-state index is 0.107. The number of rotatable bonds is 0. The van der Waals surface area contributed by atoms with E-state index in [-0.39, 0.29) is 22.7 Å². The lowest BCUT2D eigenvalue weighted by Crippen LogP contribution is -2.59. The van der Waals surface area contributed by atoms with Crippen molar-refractivity contribution in [1.82, 2.24) is 4.98 Å². The molecule has 0 bridgehead atoms. The number of ketones is 1. The van der Waals surface area contributed by atoms with Crippen molar-refractivity contribution in [2.75, 3.05) is 0 Å². The van der Waals surface area contributed by atoms with Crippen molar-refractivity contribution in [1.29, 1.82) is 0 Å². The van der Waals surface area contributed by atoms with Gasteiger partial charge in [-0.25, -0.2) is 4.79 Å². The Kier molecular flexibility index (Phi) is 2.52. The van der Waals surface area contributed by atoms with Crippen LogP contribution in [-0.4, -0.2) is 27.6 Å². The van der Waals surface area contributed by atoms with Gasteiger partial charge in [-0.2, -0.15) is 0 Å². The quantitative estimate of drug-likeness (QED) is 0.557. The highest BCUT2D eigenvalue weighted by molar-refractivity contribution is 6.20. The van der Waals surface area contributed by atoms with Gasteiger partial charge in [0.15, 0.2) is 5.78 Å². The predicted octanol–water partition coefficient (Wildman–Crippen LogP) is 2.91. The zero-order valence-electron chi connectivity index (χ0n) is 15.4. The van der Waals surface area contributed by atoms with Gasteiger partial charge in [0.25, 0.3) is 0 Å². The Labute approximate surface area is 156 Å². The smallest absolute Gasteiger partial charge is 0.344 e. The monoisotopic (exact) mass is 363 g/mol. The fourth-order valence-electron chi connectivity index (χ4n) is 6.64. The number of carbonyl (C=O) groups is 2. The number of esters is 1. The molecular weight excluding hydrogens is 342 g/mol. The van der Waals surface area contributed by atoms with Crippen molar-refractivity contribution >= 4 is 22.7 Å². The molecule has 1 saturated carbocycles. The summed E-state index contributed by atoms with van der Waals surface area (Å²) in [6, 6.07) is 8.30. The minimum Gasteiger partial charge on any atom is -0.425 e. The van der Waals surface area contributed by atoms with E-state index in [2.05, 4.69) is 31.0 Å². The molecule has 4 unspecified atom stereocenters. The number of para-hydroxylation sites is 1. The second kappa shape index (κ2) is 4.36. The highest BCUT2D eigenvalue weighted by Crippen LogP contribution is 2.69. The summed E-state index contributed by atoms with van der Waals surface area (Å²) in [6.07, 6.45) is 2.11. The van der Waals surface area contributed by atoms with E-state index < -0.39 is 17.2 Å². The van der Waals surface area contributed by atoms with Crippen LogP contribution in [0, 0.1) is 11.3 Å². The number of fused-ring (bicyclic) bond motifs is 6. The van der Waals surface area contributed by atoms with Crippen LogP contribution in [0.25, 0.3) is 10.9 Å². The van der Waals surface area contributed by atoms with E-state index in [1.165, 1.54) is 16.6 Å². The summed E-state index contributed by atoms with van der Waals surface area (Å²) in [7, 11) is 0. The number of aliphatic hydroxyl groups is 1. The van der Waals surface area contributed by atoms with Gasteiger partial charge in [0.2, 0.25) is 5.79 Å². The lowest BCUT2D eigenvalue weighted by atomic mass is 9.47. The van der Waals surface area contributed by atoms with E-state index in [1.54, 1.807) is 0 Å². The Bertz CT molecular complexity index is 1110. The van der Waals surface area contributed by atoms with Crippen LogP contribution in [0.2, 0.25) is 0 Å². The number of ether oxygens (including phenoxy) is 1. The van der Waals surface area contributed by atoms with E-state index in [9.17, 15) is 14.7 Å². The van der Waals surface area contributed by atoms with Crippen LogP contribution in [0.3, 0.4) is 0 Å². The van der Waals surface area contributed by atoms with Crippen molar-refractivity contribution in [2.24, 2.45) is 11.3 Å². The third-order valence-corrected chi connectivity index (χ3v) is 8.06. The summed E-state index contributed by atoms with van der Waals surface area (Å²) < 4.78 is 5.43. The Balaban J connectivity index is 1.68. The first-order chi connectivity index (χ1) is 12.8. The molecule has 1 aromatic carbocycles. The average molecular weight is 363 g/mol. The molecule has 138 valence electrons. The molecule has 0 amide bonds. The molecule has 1 aliphatic heterocycles.